The lowest BCUT2D eigenvalue weighted by molar-refractivity contribution is 0.184. The molecule has 2 heterocycles. The number of hydrogen-bond acceptors (Lipinski definition) is 4. The third-order valence-corrected chi connectivity index (χ3v) is 2.46. The summed E-state index contributed by atoms with van der Waals surface area (Å²) in [6.45, 7) is 2.69. The molecule has 0 aliphatic carbocycles. The molecule has 1 aromatic rings. The number of aromatic nitrogens is 2. The highest BCUT2D eigenvalue weighted by molar-refractivity contribution is 5.42. The minimum Gasteiger partial charge on any atom is -0.395 e. The quantitative estimate of drug-likeness (QED) is 0.567. The molecule has 0 atom stereocenters. The van der Waals surface area contributed by atoms with Gasteiger partial charge in [-0.2, -0.15) is 5.10 Å². The standard InChI is InChI=1S/C8H14N4O/c9-8-6-5-12(3-4-13)2-1-7(6)10-11-8/h13H,1-5H2,(H3,9,10,11). The van der Waals surface area contributed by atoms with Gasteiger partial charge in [-0.25, -0.2) is 0 Å². The Morgan fingerprint density at radius 1 is 1.62 bits per heavy atom. The Balaban J connectivity index is 2.13. The van der Waals surface area contributed by atoms with Crippen LogP contribution in [0.4, 0.5) is 5.82 Å². The fraction of sp³-hybridized carbons (Fsp3) is 0.625. The van der Waals surface area contributed by atoms with Gasteiger partial charge in [0, 0.05) is 37.3 Å². The van der Waals surface area contributed by atoms with Gasteiger partial charge in [-0.3, -0.25) is 10.00 Å². The minimum absolute atomic E-state index is 0.201. The molecule has 72 valence electrons. The third-order valence-electron chi connectivity index (χ3n) is 2.46. The molecule has 0 aromatic carbocycles. The molecular formula is C8H14N4O. The first-order chi connectivity index (χ1) is 6.31. The SMILES string of the molecule is Nc1n[nH]c2c1CN(CCO)CC2. The number of aliphatic hydroxyl groups is 1. The number of fused-ring (bicyclic) bond motifs is 1. The number of nitrogen functional groups attached to an aromatic ring is 1. The molecule has 5 nitrogen and oxygen atoms in total. The summed E-state index contributed by atoms with van der Waals surface area (Å²) in [5.41, 5.74) is 7.93. The van der Waals surface area contributed by atoms with Crippen LogP contribution in [-0.4, -0.2) is 39.9 Å². The van der Waals surface area contributed by atoms with Crippen molar-refractivity contribution < 1.29 is 5.11 Å². The lowest BCUT2D eigenvalue weighted by Crippen LogP contribution is -2.32. The number of anilines is 1. The normalized spacial score (nSPS) is 17.3. The molecule has 0 amide bonds. The van der Waals surface area contributed by atoms with E-state index in [1.807, 2.05) is 0 Å². The molecule has 0 radical (unpaired) electrons. The number of nitrogens with zero attached hydrogens (tertiary/aromatic N) is 2. The highest BCUT2D eigenvalue weighted by Gasteiger charge is 2.19. The molecule has 1 aliphatic rings. The van der Waals surface area contributed by atoms with Gasteiger partial charge in [0.1, 0.15) is 5.82 Å². The van der Waals surface area contributed by atoms with Crippen LogP contribution in [0.5, 0.6) is 0 Å². The lowest BCUT2D eigenvalue weighted by Gasteiger charge is -2.25. The van der Waals surface area contributed by atoms with E-state index >= 15 is 0 Å². The molecule has 5 heteroatoms. The zero-order valence-electron chi connectivity index (χ0n) is 7.45. The number of nitrogens with two attached hydrogens (primary N) is 1. The predicted molar refractivity (Wildman–Crippen MR) is 49.1 cm³/mol. The van der Waals surface area contributed by atoms with Crippen LogP contribution >= 0.6 is 0 Å². The Morgan fingerprint density at radius 2 is 2.46 bits per heavy atom. The highest BCUT2D eigenvalue weighted by Crippen LogP contribution is 2.20. The summed E-state index contributed by atoms with van der Waals surface area (Å²) in [6.07, 6.45) is 0.944. The van der Waals surface area contributed by atoms with Crippen molar-refractivity contribution in [3.05, 3.63) is 11.3 Å². The second-order valence-electron chi connectivity index (χ2n) is 3.32. The fourth-order valence-electron chi connectivity index (χ4n) is 1.71. The minimum atomic E-state index is 0.201. The van der Waals surface area contributed by atoms with Gasteiger partial charge in [-0.05, 0) is 0 Å². The van der Waals surface area contributed by atoms with Gasteiger partial charge < -0.3 is 10.8 Å². The molecule has 0 unspecified atom stereocenters. The smallest absolute Gasteiger partial charge is 0.149 e. The lowest BCUT2D eigenvalue weighted by atomic mass is 10.1. The second kappa shape index (κ2) is 3.35. The van der Waals surface area contributed by atoms with Crippen molar-refractivity contribution in [1.82, 2.24) is 15.1 Å². The van der Waals surface area contributed by atoms with Gasteiger partial charge in [0.25, 0.3) is 0 Å². The molecule has 0 fully saturated rings. The van der Waals surface area contributed by atoms with Crippen molar-refractivity contribution >= 4 is 5.82 Å². The van der Waals surface area contributed by atoms with E-state index in [0.29, 0.717) is 12.4 Å². The zero-order chi connectivity index (χ0) is 9.26. The first-order valence-electron chi connectivity index (χ1n) is 4.46. The molecule has 0 saturated carbocycles. The molecule has 1 aromatic heterocycles. The maximum Gasteiger partial charge on any atom is 0.149 e. The maximum absolute atomic E-state index is 8.79. The summed E-state index contributed by atoms with van der Waals surface area (Å²) in [5.74, 6) is 0.595. The van der Waals surface area contributed by atoms with E-state index in [1.54, 1.807) is 0 Å². The molecular weight excluding hydrogens is 168 g/mol. The van der Waals surface area contributed by atoms with Crippen molar-refractivity contribution in [1.29, 1.82) is 0 Å². The summed E-state index contributed by atoms with van der Waals surface area (Å²) in [6, 6.07) is 0. The molecule has 0 spiro atoms. The van der Waals surface area contributed by atoms with Crippen molar-refractivity contribution in [2.75, 3.05) is 25.4 Å². The average molecular weight is 182 g/mol. The number of aromatic amines is 1. The van der Waals surface area contributed by atoms with Crippen LogP contribution in [0.25, 0.3) is 0 Å². The van der Waals surface area contributed by atoms with Crippen molar-refractivity contribution in [2.24, 2.45) is 0 Å². The molecule has 13 heavy (non-hydrogen) atoms. The number of H-pyrrole nitrogens is 1. The van der Waals surface area contributed by atoms with Crippen molar-refractivity contribution in [2.45, 2.75) is 13.0 Å². The molecule has 0 bridgehead atoms. The molecule has 4 N–H and O–H groups in total. The average Bonchev–Trinajstić information content (AvgIpc) is 2.49. The molecule has 0 saturated heterocycles. The van der Waals surface area contributed by atoms with Gasteiger partial charge in [0.15, 0.2) is 0 Å². The van der Waals surface area contributed by atoms with E-state index in [9.17, 15) is 0 Å². The van der Waals surface area contributed by atoms with E-state index < -0.39 is 0 Å². The van der Waals surface area contributed by atoms with Gasteiger partial charge in [-0.1, -0.05) is 0 Å². The summed E-state index contributed by atoms with van der Waals surface area (Å²) in [5, 5.41) is 15.7. The predicted octanol–water partition coefficient (Wildman–Crippen LogP) is -0.658. The van der Waals surface area contributed by atoms with Crippen molar-refractivity contribution in [3.63, 3.8) is 0 Å². The second-order valence-corrected chi connectivity index (χ2v) is 3.32. The summed E-state index contributed by atoms with van der Waals surface area (Å²) in [7, 11) is 0. The van der Waals surface area contributed by atoms with Crippen molar-refractivity contribution in [3.8, 4) is 0 Å². The Kier molecular flexibility index (Phi) is 2.20. The van der Waals surface area contributed by atoms with Crippen LogP contribution in [0.3, 0.4) is 0 Å². The molecule has 2 rings (SSSR count). The van der Waals surface area contributed by atoms with Crippen LogP contribution in [0.1, 0.15) is 11.3 Å². The summed E-state index contributed by atoms with van der Waals surface area (Å²) in [4.78, 5) is 2.17. The topological polar surface area (TPSA) is 78.2 Å². The summed E-state index contributed by atoms with van der Waals surface area (Å²) >= 11 is 0. The summed E-state index contributed by atoms with van der Waals surface area (Å²) < 4.78 is 0. The van der Waals surface area contributed by atoms with Gasteiger partial charge in [0.2, 0.25) is 0 Å². The van der Waals surface area contributed by atoms with E-state index in [1.165, 1.54) is 0 Å². The Hall–Kier alpha value is -1.07. The zero-order valence-corrected chi connectivity index (χ0v) is 7.45. The van der Waals surface area contributed by atoms with Gasteiger partial charge in [-0.15, -0.1) is 0 Å². The number of β-amino-alcohol motifs (C(OH)–C–C–N with tert-alkyl or cyclic N) is 1. The third kappa shape index (κ3) is 1.52. The Morgan fingerprint density at radius 3 is 3.23 bits per heavy atom. The maximum atomic E-state index is 8.79. The van der Waals surface area contributed by atoms with E-state index in [2.05, 4.69) is 15.1 Å². The number of hydrogen-bond donors (Lipinski definition) is 3. The monoisotopic (exact) mass is 182 g/mol. The van der Waals surface area contributed by atoms with Crippen LogP contribution in [0.2, 0.25) is 0 Å². The Bertz CT molecular complexity index is 296. The van der Waals surface area contributed by atoms with Gasteiger partial charge in [0.05, 0.1) is 6.61 Å². The largest absolute Gasteiger partial charge is 0.395 e. The van der Waals surface area contributed by atoms with Gasteiger partial charge >= 0.3 is 0 Å². The Labute approximate surface area is 76.5 Å². The highest BCUT2D eigenvalue weighted by atomic mass is 16.3. The van der Waals surface area contributed by atoms with E-state index in [-0.39, 0.29) is 6.61 Å². The number of nitrogens with one attached hydrogen (secondary N) is 1. The number of aliphatic hydroxyl groups excluding tert-OH is 1. The molecule has 1 aliphatic heterocycles. The van der Waals surface area contributed by atoms with Crippen LogP contribution in [-0.2, 0) is 13.0 Å². The van der Waals surface area contributed by atoms with Crippen LogP contribution < -0.4 is 5.73 Å². The van der Waals surface area contributed by atoms with Crippen LogP contribution in [0.15, 0.2) is 0 Å². The van der Waals surface area contributed by atoms with E-state index in [0.717, 1.165) is 30.8 Å². The fourth-order valence-corrected chi connectivity index (χ4v) is 1.71. The first-order valence-corrected chi connectivity index (χ1v) is 4.46. The van der Waals surface area contributed by atoms with Crippen LogP contribution in [0, 0.1) is 0 Å². The first kappa shape index (κ1) is 8.52. The number of rotatable bonds is 2. The van der Waals surface area contributed by atoms with E-state index in [4.69, 9.17) is 10.8 Å².